The fraction of sp³-hybridized carbons (Fsp3) is 0.476. The molecule has 0 spiro atoms. The molecule has 0 amide bonds. The van der Waals surface area contributed by atoms with Crippen molar-refractivity contribution in [2.45, 2.75) is 38.0 Å². The standard InChI is InChI=1S/C21H23ClFN5/c22-18-9-16(14-5-7-28(8-6-14)12-13-1-2-13)20(23)21(26-18)27-19-11-24-17(10-25-19)15-3-4-15/h5,9-11,13,15H,1-4,6-8,12H2,(H,25,26,27). The summed E-state index contributed by atoms with van der Waals surface area (Å²) in [7, 11) is 0. The number of aromatic nitrogens is 3. The van der Waals surface area contributed by atoms with Gasteiger partial charge in [-0.25, -0.2) is 14.4 Å². The highest BCUT2D eigenvalue weighted by Gasteiger charge is 2.27. The third kappa shape index (κ3) is 4.03. The Labute approximate surface area is 169 Å². The normalized spacial score (nSPS) is 20.1. The van der Waals surface area contributed by atoms with Gasteiger partial charge < -0.3 is 5.32 Å². The summed E-state index contributed by atoms with van der Waals surface area (Å²) in [6, 6.07) is 1.62. The van der Waals surface area contributed by atoms with Crippen molar-refractivity contribution in [3.05, 3.63) is 46.8 Å². The van der Waals surface area contributed by atoms with Crippen molar-refractivity contribution in [1.29, 1.82) is 0 Å². The van der Waals surface area contributed by atoms with E-state index in [1.807, 2.05) is 0 Å². The van der Waals surface area contributed by atoms with Gasteiger partial charge in [-0.3, -0.25) is 9.88 Å². The second-order valence-corrected chi connectivity index (χ2v) is 8.45. The Balaban J connectivity index is 1.34. The lowest BCUT2D eigenvalue weighted by molar-refractivity contribution is 0.289. The first-order valence-corrected chi connectivity index (χ1v) is 10.4. The summed E-state index contributed by atoms with van der Waals surface area (Å²) in [5.74, 6) is 1.58. The molecule has 0 radical (unpaired) electrons. The van der Waals surface area contributed by atoms with Crippen LogP contribution in [0.2, 0.25) is 5.15 Å². The molecular formula is C21H23ClFN5. The monoisotopic (exact) mass is 399 g/mol. The van der Waals surface area contributed by atoms with Gasteiger partial charge in [-0.15, -0.1) is 0 Å². The SMILES string of the molecule is Fc1c(C2=CCN(CC3CC3)CC2)cc(Cl)nc1Nc1cnc(C2CC2)cn1. The average Bonchev–Trinajstić information content (AvgIpc) is 3.60. The third-order valence-electron chi connectivity index (χ3n) is 5.69. The maximum atomic E-state index is 15.2. The topological polar surface area (TPSA) is 53.9 Å². The van der Waals surface area contributed by atoms with Crippen LogP contribution in [-0.2, 0) is 0 Å². The average molecular weight is 400 g/mol. The summed E-state index contributed by atoms with van der Waals surface area (Å²) in [6.45, 7) is 2.98. The highest BCUT2D eigenvalue weighted by atomic mass is 35.5. The van der Waals surface area contributed by atoms with Crippen molar-refractivity contribution < 1.29 is 4.39 Å². The smallest absolute Gasteiger partial charge is 0.173 e. The fourth-order valence-electron chi connectivity index (χ4n) is 3.72. The van der Waals surface area contributed by atoms with Gasteiger partial charge in [0.05, 0.1) is 18.1 Å². The van der Waals surface area contributed by atoms with Crippen LogP contribution in [0.1, 0.15) is 49.3 Å². The van der Waals surface area contributed by atoms with Crippen LogP contribution >= 0.6 is 11.6 Å². The summed E-state index contributed by atoms with van der Waals surface area (Å²) < 4.78 is 15.2. The minimum Gasteiger partial charge on any atom is -0.321 e. The predicted molar refractivity (Wildman–Crippen MR) is 108 cm³/mol. The molecule has 28 heavy (non-hydrogen) atoms. The number of nitrogens with zero attached hydrogens (tertiary/aromatic N) is 4. The van der Waals surface area contributed by atoms with Crippen molar-refractivity contribution >= 4 is 28.8 Å². The quantitative estimate of drug-likeness (QED) is 0.708. The van der Waals surface area contributed by atoms with E-state index < -0.39 is 0 Å². The lowest BCUT2D eigenvalue weighted by atomic mass is 9.99. The number of pyridine rings is 1. The highest BCUT2D eigenvalue weighted by Crippen LogP contribution is 2.38. The zero-order valence-corrected chi connectivity index (χ0v) is 16.4. The van der Waals surface area contributed by atoms with Crippen LogP contribution < -0.4 is 5.32 Å². The van der Waals surface area contributed by atoms with Gasteiger partial charge in [0.1, 0.15) is 11.0 Å². The van der Waals surface area contributed by atoms with E-state index in [1.54, 1.807) is 18.5 Å². The Kier molecular flexibility index (Phi) is 4.77. The molecule has 2 aromatic rings. The van der Waals surface area contributed by atoms with Gasteiger partial charge >= 0.3 is 0 Å². The minimum absolute atomic E-state index is 0.0947. The molecule has 2 aliphatic carbocycles. The minimum atomic E-state index is -0.389. The van der Waals surface area contributed by atoms with E-state index in [1.165, 1.54) is 25.7 Å². The molecule has 7 heteroatoms. The molecular weight excluding hydrogens is 377 g/mol. The second-order valence-electron chi connectivity index (χ2n) is 8.06. The number of rotatable bonds is 6. The lowest BCUT2D eigenvalue weighted by Gasteiger charge is -2.26. The van der Waals surface area contributed by atoms with Crippen LogP contribution in [0.15, 0.2) is 24.5 Å². The second kappa shape index (κ2) is 7.41. The van der Waals surface area contributed by atoms with E-state index in [9.17, 15) is 0 Å². The molecule has 0 bridgehead atoms. The summed E-state index contributed by atoms with van der Waals surface area (Å²) in [4.78, 5) is 15.3. The number of nitrogens with one attached hydrogen (secondary N) is 1. The zero-order valence-electron chi connectivity index (χ0n) is 15.7. The Morgan fingerprint density at radius 2 is 2.04 bits per heavy atom. The van der Waals surface area contributed by atoms with E-state index in [0.717, 1.165) is 43.2 Å². The molecule has 5 rings (SSSR count). The first-order valence-electron chi connectivity index (χ1n) is 10.0. The lowest BCUT2D eigenvalue weighted by Crippen LogP contribution is -2.30. The first kappa shape index (κ1) is 18.0. The number of anilines is 2. The van der Waals surface area contributed by atoms with Crippen molar-refractivity contribution in [2.24, 2.45) is 5.92 Å². The van der Waals surface area contributed by atoms with Crippen LogP contribution in [0.25, 0.3) is 5.57 Å². The molecule has 3 aliphatic rings. The van der Waals surface area contributed by atoms with Crippen molar-refractivity contribution in [2.75, 3.05) is 25.0 Å². The molecule has 0 unspecified atom stereocenters. The van der Waals surface area contributed by atoms with Crippen molar-refractivity contribution in [3.63, 3.8) is 0 Å². The molecule has 2 fully saturated rings. The molecule has 1 aliphatic heterocycles. The molecule has 0 aromatic carbocycles. The maximum Gasteiger partial charge on any atom is 0.173 e. The highest BCUT2D eigenvalue weighted by molar-refractivity contribution is 6.29. The molecule has 5 nitrogen and oxygen atoms in total. The van der Waals surface area contributed by atoms with E-state index in [0.29, 0.717) is 17.3 Å². The Hall–Kier alpha value is -2.05. The van der Waals surface area contributed by atoms with Crippen molar-refractivity contribution in [1.82, 2.24) is 19.9 Å². The van der Waals surface area contributed by atoms with Gasteiger partial charge in [0.25, 0.3) is 0 Å². The van der Waals surface area contributed by atoms with Crippen LogP contribution in [0, 0.1) is 11.7 Å². The summed E-state index contributed by atoms with van der Waals surface area (Å²) >= 11 is 6.20. The largest absolute Gasteiger partial charge is 0.321 e. The van der Waals surface area contributed by atoms with Crippen LogP contribution in [0.5, 0.6) is 0 Å². The number of hydrogen-bond donors (Lipinski definition) is 1. The Morgan fingerprint density at radius 3 is 2.68 bits per heavy atom. The number of halogens is 2. The van der Waals surface area contributed by atoms with Crippen LogP contribution in [-0.4, -0.2) is 39.5 Å². The number of hydrogen-bond acceptors (Lipinski definition) is 5. The van der Waals surface area contributed by atoms with Gasteiger partial charge in [0.2, 0.25) is 0 Å². The molecule has 0 atom stereocenters. The molecule has 3 heterocycles. The summed E-state index contributed by atoms with van der Waals surface area (Å²) in [5, 5.41) is 3.21. The maximum absolute atomic E-state index is 15.2. The van der Waals surface area contributed by atoms with Gasteiger partial charge in [-0.1, -0.05) is 17.7 Å². The molecule has 2 saturated carbocycles. The van der Waals surface area contributed by atoms with Crippen LogP contribution in [0.4, 0.5) is 16.0 Å². The van der Waals surface area contributed by atoms with Crippen LogP contribution in [0.3, 0.4) is 0 Å². The van der Waals surface area contributed by atoms with Gasteiger partial charge in [0, 0.05) is 31.1 Å². The molecule has 0 saturated heterocycles. The van der Waals surface area contributed by atoms with Gasteiger partial charge in [-0.05, 0) is 49.7 Å². The zero-order chi connectivity index (χ0) is 19.1. The van der Waals surface area contributed by atoms with Gasteiger partial charge in [-0.2, -0.15) is 0 Å². The fourth-order valence-corrected chi connectivity index (χ4v) is 3.91. The predicted octanol–water partition coefficient (Wildman–Crippen LogP) is 4.78. The third-order valence-corrected chi connectivity index (χ3v) is 5.89. The van der Waals surface area contributed by atoms with E-state index in [2.05, 4.69) is 31.2 Å². The van der Waals surface area contributed by atoms with Gasteiger partial charge in [0.15, 0.2) is 11.6 Å². The van der Waals surface area contributed by atoms with E-state index >= 15 is 4.39 Å². The summed E-state index contributed by atoms with van der Waals surface area (Å²) in [5.41, 5.74) is 2.51. The molecule has 146 valence electrons. The molecule has 2 aromatic heterocycles. The summed E-state index contributed by atoms with van der Waals surface area (Å²) in [6.07, 6.45) is 11.4. The first-order chi connectivity index (χ1) is 13.7. The van der Waals surface area contributed by atoms with Crippen molar-refractivity contribution in [3.8, 4) is 0 Å². The Bertz CT molecular complexity index is 906. The van der Waals surface area contributed by atoms with E-state index in [-0.39, 0.29) is 16.8 Å². The van der Waals surface area contributed by atoms with E-state index in [4.69, 9.17) is 11.6 Å². The Morgan fingerprint density at radius 1 is 1.18 bits per heavy atom. The molecule has 1 N–H and O–H groups in total.